The molecule has 1 unspecified atom stereocenters. The highest BCUT2D eigenvalue weighted by Gasteiger charge is 2.29. The summed E-state index contributed by atoms with van der Waals surface area (Å²) in [6.07, 6.45) is 1.61. The number of carbonyl (C=O) groups is 2. The summed E-state index contributed by atoms with van der Waals surface area (Å²) in [6.45, 7) is 3.06. The third kappa shape index (κ3) is 4.86. The highest BCUT2D eigenvalue weighted by molar-refractivity contribution is 6.32. The second-order valence-electron chi connectivity index (χ2n) is 5.81. The van der Waals surface area contributed by atoms with Crippen molar-refractivity contribution in [3.8, 4) is 5.75 Å². The molecule has 126 valence electrons. The van der Waals surface area contributed by atoms with E-state index in [1.807, 2.05) is 19.1 Å². The van der Waals surface area contributed by atoms with Crippen LogP contribution in [0.5, 0.6) is 5.75 Å². The van der Waals surface area contributed by atoms with Gasteiger partial charge in [0, 0.05) is 19.5 Å². The quantitative estimate of drug-likeness (QED) is 0.864. The number of para-hydroxylation sites is 1. The van der Waals surface area contributed by atoms with Crippen LogP contribution in [0.2, 0.25) is 5.02 Å². The van der Waals surface area contributed by atoms with E-state index < -0.39 is 12.1 Å². The van der Waals surface area contributed by atoms with Crippen molar-refractivity contribution in [3.63, 3.8) is 0 Å². The first kappa shape index (κ1) is 17.6. The molecule has 1 atom stereocenters. The number of aliphatic carboxylic acids is 1. The van der Waals surface area contributed by atoms with Crippen LogP contribution in [-0.2, 0) is 9.59 Å². The number of carboxylic acid groups (broad SMARTS) is 1. The van der Waals surface area contributed by atoms with Gasteiger partial charge >= 0.3 is 5.97 Å². The molecule has 1 aliphatic heterocycles. The molecule has 0 saturated carbocycles. The first-order chi connectivity index (χ1) is 11.0. The van der Waals surface area contributed by atoms with Crippen LogP contribution >= 0.6 is 11.6 Å². The van der Waals surface area contributed by atoms with E-state index >= 15 is 0 Å². The number of amides is 1. The van der Waals surface area contributed by atoms with Crippen LogP contribution in [0.25, 0.3) is 0 Å². The average molecular weight is 340 g/mol. The van der Waals surface area contributed by atoms with Crippen LogP contribution in [0.3, 0.4) is 0 Å². The molecule has 6 heteroatoms. The number of hydrogen-bond donors (Lipinski definition) is 1. The molecule has 0 aromatic heterocycles. The molecule has 2 rings (SSSR count). The lowest BCUT2D eigenvalue weighted by Gasteiger charge is -2.33. The molecule has 1 saturated heterocycles. The Kier molecular flexibility index (Phi) is 6.28. The van der Waals surface area contributed by atoms with Crippen molar-refractivity contribution in [2.45, 2.75) is 38.7 Å². The van der Waals surface area contributed by atoms with Gasteiger partial charge in [-0.2, -0.15) is 0 Å². The number of carboxylic acids is 1. The molecular formula is C17H22ClNO4. The Morgan fingerprint density at radius 2 is 2.00 bits per heavy atom. The Bertz CT molecular complexity index is 555. The normalized spacial score (nSPS) is 16.9. The fourth-order valence-electron chi connectivity index (χ4n) is 2.81. The Labute approximate surface area is 141 Å². The third-order valence-corrected chi connectivity index (χ3v) is 4.45. The molecule has 1 heterocycles. The molecule has 0 aliphatic carbocycles. The molecule has 0 spiro atoms. The monoisotopic (exact) mass is 339 g/mol. The van der Waals surface area contributed by atoms with Gasteiger partial charge < -0.3 is 14.7 Å². The number of rotatable bonds is 6. The van der Waals surface area contributed by atoms with Crippen molar-refractivity contribution in [2.24, 2.45) is 5.92 Å². The highest BCUT2D eigenvalue weighted by atomic mass is 35.5. The Balaban J connectivity index is 1.93. The molecule has 1 N–H and O–H groups in total. The van der Waals surface area contributed by atoms with Crippen LogP contribution in [0.4, 0.5) is 0 Å². The van der Waals surface area contributed by atoms with E-state index in [0.29, 0.717) is 30.3 Å². The molecule has 1 aromatic carbocycles. The van der Waals surface area contributed by atoms with Crippen molar-refractivity contribution >= 4 is 23.5 Å². The van der Waals surface area contributed by atoms with Crippen molar-refractivity contribution in [1.82, 2.24) is 4.90 Å². The lowest BCUT2D eigenvalue weighted by molar-refractivity contribution is -0.141. The summed E-state index contributed by atoms with van der Waals surface area (Å²) < 4.78 is 5.78. The number of hydrogen-bond acceptors (Lipinski definition) is 3. The van der Waals surface area contributed by atoms with E-state index in [2.05, 4.69) is 0 Å². The maximum Gasteiger partial charge on any atom is 0.303 e. The van der Waals surface area contributed by atoms with Gasteiger partial charge in [-0.1, -0.05) is 30.7 Å². The van der Waals surface area contributed by atoms with Crippen LogP contribution in [0.15, 0.2) is 24.3 Å². The molecule has 0 radical (unpaired) electrons. The molecule has 0 bridgehead atoms. The van der Waals surface area contributed by atoms with Gasteiger partial charge in [0.15, 0.2) is 6.10 Å². The molecule has 1 fully saturated rings. The fraction of sp³-hybridized carbons (Fsp3) is 0.529. The third-order valence-electron chi connectivity index (χ3n) is 4.14. The Morgan fingerprint density at radius 1 is 1.35 bits per heavy atom. The van der Waals surface area contributed by atoms with Gasteiger partial charge in [-0.3, -0.25) is 9.59 Å². The van der Waals surface area contributed by atoms with Crippen LogP contribution in [0.1, 0.15) is 32.6 Å². The Hall–Kier alpha value is -1.75. The van der Waals surface area contributed by atoms with Gasteiger partial charge in [0.1, 0.15) is 5.75 Å². The summed E-state index contributed by atoms with van der Waals surface area (Å²) in [5, 5.41) is 9.33. The second kappa shape index (κ2) is 8.20. The summed E-state index contributed by atoms with van der Waals surface area (Å²) in [5.74, 6) is -0.166. The summed E-state index contributed by atoms with van der Waals surface area (Å²) in [6, 6.07) is 7.10. The molecule has 5 nitrogen and oxygen atoms in total. The number of nitrogens with zero attached hydrogens (tertiary/aromatic N) is 1. The minimum absolute atomic E-state index is 0.0544. The number of piperidine rings is 1. The predicted octanol–water partition coefficient (Wildman–Crippen LogP) is 3.21. The zero-order valence-electron chi connectivity index (χ0n) is 13.2. The summed E-state index contributed by atoms with van der Waals surface area (Å²) in [5.41, 5.74) is 0. The van der Waals surface area contributed by atoms with Crippen LogP contribution in [0, 0.1) is 5.92 Å². The maximum atomic E-state index is 12.6. The zero-order valence-corrected chi connectivity index (χ0v) is 14.0. The summed E-state index contributed by atoms with van der Waals surface area (Å²) in [4.78, 5) is 25.1. The largest absolute Gasteiger partial charge is 0.481 e. The number of benzene rings is 1. The van der Waals surface area contributed by atoms with E-state index in [-0.39, 0.29) is 18.2 Å². The highest BCUT2D eigenvalue weighted by Crippen LogP contribution is 2.26. The zero-order chi connectivity index (χ0) is 16.8. The van der Waals surface area contributed by atoms with Crippen LogP contribution < -0.4 is 4.74 Å². The second-order valence-corrected chi connectivity index (χ2v) is 6.22. The average Bonchev–Trinajstić information content (AvgIpc) is 2.54. The minimum Gasteiger partial charge on any atom is -0.481 e. The van der Waals surface area contributed by atoms with Gasteiger partial charge in [-0.25, -0.2) is 0 Å². The van der Waals surface area contributed by atoms with Crippen molar-refractivity contribution < 1.29 is 19.4 Å². The summed E-state index contributed by atoms with van der Waals surface area (Å²) >= 11 is 6.08. The van der Waals surface area contributed by atoms with Gasteiger partial charge in [0.25, 0.3) is 5.91 Å². The first-order valence-electron chi connectivity index (χ1n) is 7.93. The minimum atomic E-state index is -0.775. The molecular weight excluding hydrogens is 318 g/mol. The van der Waals surface area contributed by atoms with E-state index in [0.717, 1.165) is 12.8 Å². The van der Waals surface area contributed by atoms with Crippen molar-refractivity contribution in [2.75, 3.05) is 13.1 Å². The van der Waals surface area contributed by atoms with E-state index in [1.165, 1.54) is 0 Å². The Morgan fingerprint density at radius 3 is 2.57 bits per heavy atom. The molecule has 1 aliphatic rings. The lowest BCUT2D eigenvalue weighted by atomic mass is 9.93. The molecule has 1 aromatic rings. The summed E-state index contributed by atoms with van der Waals surface area (Å²) in [7, 11) is 0. The topological polar surface area (TPSA) is 66.8 Å². The fourth-order valence-corrected chi connectivity index (χ4v) is 2.99. The smallest absolute Gasteiger partial charge is 0.303 e. The number of likely N-dealkylation sites (tertiary alicyclic amines) is 1. The van der Waals surface area contributed by atoms with Crippen molar-refractivity contribution in [3.05, 3.63) is 29.3 Å². The van der Waals surface area contributed by atoms with E-state index in [1.54, 1.807) is 17.0 Å². The van der Waals surface area contributed by atoms with Gasteiger partial charge in [-0.05, 0) is 37.3 Å². The molecule has 1 amide bonds. The number of halogens is 1. The lowest BCUT2D eigenvalue weighted by Crippen LogP contribution is -2.45. The number of ether oxygens (including phenoxy) is 1. The van der Waals surface area contributed by atoms with Gasteiger partial charge in [0.05, 0.1) is 5.02 Å². The number of carbonyl (C=O) groups excluding carboxylic acids is 1. The van der Waals surface area contributed by atoms with Gasteiger partial charge in [-0.15, -0.1) is 0 Å². The van der Waals surface area contributed by atoms with E-state index in [4.69, 9.17) is 21.4 Å². The molecule has 23 heavy (non-hydrogen) atoms. The predicted molar refractivity (Wildman–Crippen MR) is 87.7 cm³/mol. The van der Waals surface area contributed by atoms with Crippen molar-refractivity contribution in [1.29, 1.82) is 0 Å². The van der Waals surface area contributed by atoms with E-state index in [9.17, 15) is 9.59 Å². The SMILES string of the molecule is CCC(Oc1ccccc1Cl)C(=O)N1CCC(CC(=O)O)CC1. The maximum absolute atomic E-state index is 12.6. The first-order valence-corrected chi connectivity index (χ1v) is 8.30. The van der Waals surface area contributed by atoms with Crippen LogP contribution in [-0.4, -0.2) is 41.1 Å². The standard InChI is InChI=1S/C17H22ClNO4/c1-2-14(23-15-6-4-3-5-13(15)18)17(22)19-9-7-12(8-10-19)11-16(20)21/h3-6,12,14H,2,7-11H2,1H3,(H,20,21). The van der Waals surface area contributed by atoms with Gasteiger partial charge in [0.2, 0.25) is 0 Å².